The average molecular weight is 268 g/mol. The van der Waals surface area contributed by atoms with Gasteiger partial charge in [-0.2, -0.15) is 0 Å². The van der Waals surface area contributed by atoms with Gasteiger partial charge in [0.15, 0.2) is 0 Å². The smallest absolute Gasteiger partial charge is 0.129 e. The molecule has 0 unspecified atom stereocenters. The molecule has 1 aliphatic heterocycles. The van der Waals surface area contributed by atoms with Gasteiger partial charge in [-0.05, 0) is 56.1 Å². The van der Waals surface area contributed by atoms with Crippen molar-refractivity contribution in [2.45, 2.75) is 26.3 Å². The summed E-state index contributed by atoms with van der Waals surface area (Å²) < 4.78 is 0. The minimum Gasteiger partial charge on any atom is -0.317 e. The molecule has 1 aromatic rings. The van der Waals surface area contributed by atoms with Gasteiger partial charge in [-0.3, -0.25) is 4.90 Å². The van der Waals surface area contributed by atoms with Crippen molar-refractivity contribution >= 4 is 11.6 Å². The molecule has 0 aromatic carbocycles. The highest BCUT2D eigenvalue weighted by Gasteiger charge is 2.16. The lowest BCUT2D eigenvalue weighted by atomic mass is 9.97. The Hall–Kier alpha value is -0.640. The van der Waals surface area contributed by atoms with Crippen LogP contribution in [0.3, 0.4) is 0 Å². The van der Waals surface area contributed by atoms with Crippen LogP contribution in [0.2, 0.25) is 5.15 Å². The molecule has 0 spiro atoms. The van der Waals surface area contributed by atoms with Gasteiger partial charge in [0, 0.05) is 19.3 Å². The maximum absolute atomic E-state index is 5.93. The summed E-state index contributed by atoms with van der Waals surface area (Å²) in [5, 5.41) is 4.01. The Balaban J connectivity index is 1.88. The van der Waals surface area contributed by atoms with E-state index in [0.717, 1.165) is 19.0 Å². The van der Waals surface area contributed by atoms with E-state index in [0.29, 0.717) is 5.15 Å². The molecule has 0 bridgehead atoms. The Bertz CT molecular complexity index is 364. The molecule has 18 heavy (non-hydrogen) atoms. The van der Waals surface area contributed by atoms with Crippen LogP contribution in [0.5, 0.6) is 0 Å². The molecule has 0 radical (unpaired) electrons. The second-order valence-corrected chi connectivity index (χ2v) is 5.40. The Morgan fingerprint density at radius 2 is 2.22 bits per heavy atom. The number of rotatable bonds is 5. The first-order valence-electron chi connectivity index (χ1n) is 6.81. The summed E-state index contributed by atoms with van der Waals surface area (Å²) in [4.78, 5) is 6.53. The molecular weight excluding hydrogens is 246 g/mol. The Morgan fingerprint density at radius 3 is 2.89 bits per heavy atom. The minimum atomic E-state index is 0.588. The predicted octanol–water partition coefficient (Wildman–Crippen LogP) is 2.56. The minimum absolute atomic E-state index is 0.588. The van der Waals surface area contributed by atoms with Crippen molar-refractivity contribution in [3.8, 4) is 0 Å². The summed E-state index contributed by atoms with van der Waals surface area (Å²) in [6.07, 6.45) is 4.39. The van der Waals surface area contributed by atoms with Crippen molar-refractivity contribution in [3.05, 3.63) is 29.0 Å². The number of nitrogens with one attached hydrogen (secondary N) is 1. The van der Waals surface area contributed by atoms with Crippen LogP contribution < -0.4 is 5.32 Å². The van der Waals surface area contributed by atoms with Crippen molar-refractivity contribution in [1.29, 1.82) is 0 Å². The van der Waals surface area contributed by atoms with E-state index in [4.69, 9.17) is 11.6 Å². The van der Waals surface area contributed by atoms with E-state index in [1.165, 1.54) is 38.0 Å². The van der Waals surface area contributed by atoms with Crippen molar-refractivity contribution < 1.29 is 0 Å². The molecule has 1 aromatic heterocycles. The standard InChI is InChI=1S/C14H22ClN3/c1-2-18(10-12-3-6-16-7-4-12)11-13-5-8-17-14(15)9-13/h5,8-9,12,16H,2-4,6-7,10-11H2,1H3. The lowest BCUT2D eigenvalue weighted by Crippen LogP contribution is -2.35. The molecule has 0 saturated carbocycles. The zero-order valence-corrected chi connectivity index (χ0v) is 11.8. The van der Waals surface area contributed by atoms with Crippen LogP contribution in [0.25, 0.3) is 0 Å². The molecule has 4 heteroatoms. The summed E-state index contributed by atoms with van der Waals surface area (Å²) in [5.41, 5.74) is 1.26. The molecule has 3 nitrogen and oxygen atoms in total. The maximum Gasteiger partial charge on any atom is 0.129 e. The van der Waals surface area contributed by atoms with E-state index in [9.17, 15) is 0 Å². The van der Waals surface area contributed by atoms with Gasteiger partial charge < -0.3 is 5.32 Å². The predicted molar refractivity (Wildman–Crippen MR) is 75.8 cm³/mol. The third-order valence-electron chi connectivity index (χ3n) is 3.62. The van der Waals surface area contributed by atoms with Gasteiger partial charge in [-0.15, -0.1) is 0 Å². The van der Waals surface area contributed by atoms with E-state index in [1.54, 1.807) is 6.20 Å². The third kappa shape index (κ3) is 4.23. The molecule has 2 heterocycles. The molecule has 2 rings (SSSR count). The van der Waals surface area contributed by atoms with Crippen molar-refractivity contribution in [2.24, 2.45) is 5.92 Å². The van der Waals surface area contributed by atoms with Gasteiger partial charge in [0.25, 0.3) is 0 Å². The van der Waals surface area contributed by atoms with Crippen molar-refractivity contribution in [1.82, 2.24) is 15.2 Å². The Kier molecular flexibility index (Phi) is 5.42. The van der Waals surface area contributed by atoms with Crippen molar-refractivity contribution in [3.63, 3.8) is 0 Å². The number of nitrogens with zero attached hydrogens (tertiary/aromatic N) is 2. The van der Waals surface area contributed by atoms with Crippen LogP contribution in [-0.2, 0) is 6.54 Å². The summed E-state index contributed by atoms with van der Waals surface area (Å²) >= 11 is 5.93. The largest absolute Gasteiger partial charge is 0.317 e. The Morgan fingerprint density at radius 1 is 1.44 bits per heavy atom. The number of hydrogen-bond donors (Lipinski definition) is 1. The fourth-order valence-electron chi connectivity index (χ4n) is 2.53. The van der Waals surface area contributed by atoms with Crippen LogP contribution in [0, 0.1) is 5.92 Å². The van der Waals surface area contributed by atoms with E-state index in [2.05, 4.69) is 28.2 Å². The first-order chi connectivity index (χ1) is 8.78. The first-order valence-corrected chi connectivity index (χ1v) is 7.19. The van der Waals surface area contributed by atoms with Gasteiger partial charge in [-0.1, -0.05) is 18.5 Å². The molecular formula is C14H22ClN3. The molecule has 0 aliphatic carbocycles. The average Bonchev–Trinajstić information content (AvgIpc) is 2.39. The van der Waals surface area contributed by atoms with Gasteiger partial charge in [0.2, 0.25) is 0 Å². The summed E-state index contributed by atoms with van der Waals surface area (Å²) in [7, 11) is 0. The molecule has 0 amide bonds. The Labute approximate surface area is 115 Å². The number of hydrogen-bond acceptors (Lipinski definition) is 3. The molecule has 1 fully saturated rings. The van der Waals surface area contributed by atoms with Crippen LogP contribution in [0.4, 0.5) is 0 Å². The first kappa shape index (κ1) is 13.8. The fraction of sp³-hybridized carbons (Fsp3) is 0.643. The SMILES string of the molecule is CCN(Cc1ccnc(Cl)c1)CC1CCNCC1. The fourth-order valence-corrected chi connectivity index (χ4v) is 2.73. The third-order valence-corrected chi connectivity index (χ3v) is 3.83. The van der Waals surface area contributed by atoms with Crippen LogP contribution in [-0.4, -0.2) is 36.1 Å². The van der Waals surface area contributed by atoms with Gasteiger partial charge in [0.1, 0.15) is 5.15 Å². The molecule has 100 valence electrons. The maximum atomic E-state index is 5.93. The van der Waals surface area contributed by atoms with Crippen molar-refractivity contribution in [2.75, 3.05) is 26.2 Å². The second-order valence-electron chi connectivity index (χ2n) is 5.01. The highest BCUT2D eigenvalue weighted by molar-refractivity contribution is 6.29. The summed E-state index contributed by atoms with van der Waals surface area (Å²) in [6, 6.07) is 4.02. The monoisotopic (exact) mass is 267 g/mol. The zero-order chi connectivity index (χ0) is 12.8. The number of aromatic nitrogens is 1. The van der Waals surface area contributed by atoms with Gasteiger partial charge in [0.05, 0.1) is 0 Å². The molecule has 1 aliphatic rings. The van der Waals surface area contributed by atoms with E-state index >= 15 is 0 Å². The number of piperidine rings is 1. The van der Waals surface area contributed by atoms with E-state index in [-0.39, 0.29) is 0 Å². The van der Waals surface area contributed by atoms with Gasteiger partial charge in [-0.25, -0.2) is 4.98 Å². The van der Waals surface area contributed by atoms with E-state index < -0.39 is 0 Å². The molecule has 1 saturated heterocycles. The topological polar surface area (TPSA) is 28.2 Å². The highest BCUT2D eigenvalue weighted by Crippen LogP contribution is 2.16. The van der Waals surface area contributed by atoms with Gasteiger partial charge >= 0.3 is 0 Å². The normalized spacial score (nSPS) is 17.3. The molecule has 0 atom stereocenters. The summed E-state index contributed by atoms with van der Waals surface area (Å²) in [5.74, 6) is 0.837. The highest BCUT2D eigenvalue weighted by atomic mass is 35.5. The lowest BCUT2D eigenvalue weighted by molar-refractivity contribution is 0.207. The molecule has 1 N–H and O–H groups in total. The number of pyridine rings is 1. The van der Waals surface area contributed by atoms with E-state index in [1.807, 2.05) is 6.07 Å². The quantitative estimate of drug-likeness (QED) is 0.831. The van der Waals surface area contributed by atoms with Crippen LogP contribution in [0.15, 0.2) is 18.3 Å². The second kappa shape index (κ2) is 7.07. The van der Waals surface area contributed by atoms with Crippen LogP contribution >= 0.6 is 11.6 Å². The summed E-state index contributed by atoms with van der Waals surface area (Å²) in [6.45, 7) is 7.82. The van der Waals surface area contributed by atoms with Crippen LogP contribution in [0.1, 0.15) is 25.3 Å². The number of halogens is 1. The lowest BCUT2D eigenvalue weighted by Gasteiger charge is -2.29. The zero-order valence-electron chi connectivity index (χ0n) is 11.0.